The summed E-state index contributed by atoms with van der Waals surface area (Å²) in [5.41, 5.74) is 32.0. The van der Waals surface area contributed by atoms with Gasteiger partial charge >= 0.3 is 0 Å². The third-order valence-corrected chi connectivity index (χ3v) is 25.6. The Morgan fingerprint density at radius 1 is 0.202 bits per heavy atom. The van der Waals surface area contributed by atoms with Crippen LogP contribution in [0.15, 0.2) is 400 Å². The van der Waals surface area contributed by atoms with Crippen LogP contribution in [0.3, 0.4) is 0 Å². The minimum atomic E-state index is -0.0888. The Morgan fingerprint density at radius 2 is 0.605 bits per heavy atom. The average Bonchev–Trinajstić information content (AvgIpc) is 1.56. The summed E-state index contributed by atoms with van der Waals surface area (Å²) in [4.78, 5) is 0. The van der Waals surface area contributed by atoms with E-state index in [2.05, 4.69) is 432 Å². The number of aromatic nitrogens is 4. The van der Waals surface area contributed by atoms with Gasteiger partial charge in [-0.3, -0.25) is 0 Å². The Balaban J connectivity index is 0.000000135. The number of hydrogen-bond donors (Lipinski definition) is 0. The molecule has 1 aliphatic rings. The smallest absolute Gasteiger partial charge is 0.0634 e. The standard InChI is InChI=1S/C55H38N2.C54H34N2S/c1-55(2)49-18-10-8-16-43(49)45-33-48-47-32-40(24-29-53(47)57(54(48)34-50(45)55)42-27-22-36-14-6-7-15-38(36)30-42)39-23-28-52-46(31-39)44-17-9-11-19-51(44)56(52)41-25-20-37(21-26-41)35-12-4-3-5-13-35;1-3-12-35(13-4-1)37-22-26-41(27-23-37)55-48-20-9-7-18-43(48)46-33-39(24-29-49(46)55)40-25-30-50-47(34-40)44-28-31-52-53(45-19-8-10-21-51(45)57-52)54(44)56(50)42-17-11-16-38(32-42)36-14-5-2-6-15-36/h3-34H,1-2H3;1-34H. The number of benzene rings is 18. The number of nitrogens with zero attached hydrogens (tertiary/aromatic N) is 4. The summed E-state index contributed by atoms with van der Waals surface area (Å²) in [5, 5.41) is 15.2. The number of hydrogen-bond acceptors (Lipinski definition) is 1. The van der Waals surface area contributed by atoms with Crippen LogP contribution >= 0.6 is 11.3 Å². The Labute approximate surface area is 663 Å². The van der Waals surface area contributed by atoms with E-state index in [0.29, 0.717) is 0 Å². The molecule has 18 aromatic carbocycles. The van der Waals surface area contributed by atoms with Gasteiger partial charge in [-0.15, -0.1) is 11.3 Å². The van der Waals surface area contributed by atoms with E-state index in [0.717, 1.165) is 17.1 Å². The second kappa shape index (κ2) is 25.9. The molecule has 114 heavy (non-hydrogen) atoms. The van der Waals surface area contributed by atoms with E-state index >= 15 is 0 Å². The van der Waals surface area contributed by atoms with Crippen LogP contribution in [0.2, 0.25) is 0 Å². The molecule has 0 saturated heterocycles. The third-order valence-electron chi connectivity index (χ3n) is 24.4. The SMILES string of the molecule is CC1(C)c2ccccc2-c2cc3c4cc(-c5ccc6c(c5)c5ccccc5n6-c5ccc(-c6ccccc6)cc5)ccc4n(-c4ccc5ccccc5c4)c3cc21.c1ccc(-c2ccc(-n3c4ccccc4c4cc(-c5ccc6c(c5)c5ccc7sc8ccccc8c7c5n6-c5cccc(-c6ccccc6)c5)ccc43)cc2)cc1. The highest BCUT2D eigenvalue weighted by atomic mass is 32.1. The molecule has 0 amide bonds. The van der Waals surface area contributed by atoms with E-state index in [1.165, 1.54) is 202 Å². The molecule has 1 aliphatic carbocycles. The van der Waals surface area contributed by atoms with Gasteiger partial charge in [0.15, 0.2) is 0 Å². The Bertz CT molecular complexity index is 7840. The van der Waals surface area contributed by atoms with Crippen molar-refractivity contribution < 1.29 is 0 Å². The lowest BCUT2D eigenvalue weighted by Crippen LogP contribution is -2.14. The fourth-order valence-electron chi connectivity index (χ4n) is 18.9. The lowest BCUT2D eigenvalue weighted by atomic mass is 9.82. The third kappa shape index (κ3) is 10.4. The van der Waals surface area contributed by atoms with Crippen molar-refractivity contribution >= 4 is 130 Å². The van der Waals surface area contributed by atoms with Gasteiger partial charge in [-0.1, -0.05) is 281 Å². The summed E-state index contributed by atoms with van der Waals surface area (Å²) in [6.45, 7) is 4.75. The second-order valence-corrected chi connectivity index (χ2v) is 32.2. The van der Waals surface area contributed by atoms with E-state index in [1.54, 1.807) is 0 Å². The van der Waals surface area contributed by atoms with Gasteiger partial charge in [0.1, 0.15) is 0 Å². The van der Waals surface area contributed by atoms with E-state index in [-0.39, 0.29) is 5.41 Å². The van der Waals surface area contributed by atoms with Crippen LogP contribution in [0.25, 0.3) is 208 Å². The zero-order chi connectivity index (χ0) is 75.3. The fraction of sp³-hybridized carbons (Fsp3) is 0.0275. The van der Waals surface area contributed by atoms with Gasteiger partial charge in [-0.2, -0.15) is 0 Å². The van der Waals surface area contributed by atoms with Crippen LogP contribution in [-0.4, -0.2) is 18.3 Å². The molecule has 0 unspecified atom stereocenters. The molecule has 5 heterocycles. The highest BCUT2D eigenvalue weighted by Gasteiger charge is 2.36. The summed E-state index contributed by atoms with van der Waals surface area (Å²) in [6.07, 6.45) is 0. The van der Waals surface area contributed by atoms with Crippen molar-refractivity contribution in [3.05, 3.63) is 412 Å². The first-order valence-electron chi connectivity index (χ1n) is 39.4. The van der Waals surface area contributed by atoms with E-state index in [1.807, 2.05) is 11.3 Å². The van der Waals surface area contributed by atoms with Crippen molar-refractivity contribution in [3.8, 4) is 89.5 Å². The summed E-state index contributed by atoms with van der Waals surface area (Å²) in [5.74, 6) is 0. The van der Waals surface area contributed by atoms with Crippen molar-refractivity contribution in [2.75, 3.05) is 0 Å². The molecule has 0 atom stereocenters. The minimum absolute atomic E-state index is 0.0888. The Morgan fingerprint density at radius 3 is 1.19 bits per heavy atom. The average molecular weight is 1470 g/mol. The molecular weight excluding hydrogens is 1400 g/mol. The predicted octanol–water partition coefficient (Wildman–Crippen LogP) is 29.9. The zero-order valence-electron chi connectivity index (χ0n) is 62.8. The summed E-state index contributed by atoms with van der Waals surface area (Å²) in [7, 11) is 0. The molecule has 4 nitrogen and oxygen atoms in total. The Kier molecular flexibility index (Phi) is 14.9. The van der Waals surface area contributed by atoms with Crippen LogP contribution < -0.4 is 0 Å². The first-order chi connectivity index (χ1) is 56.3. The fourth-order valence-corrected chi connectivity index (χ4v) is 20.0. The predicted molar refractivity (Wildman–Crippen MR) is 485 cm³/mol. The molecule has 0 bridgehead atoms. The zero-order valence-corrected chi connectivity index (χ0v) is 63.6. The molecule has 23 aromatic rings. The monoisotopic (exact) mass is 1470 g/mol. The van der Waals surface area contributed by atoms with Crippen LogP contribution in [0.5, 0.6) is 0 Å². The molecule has 534 valence electrons. The lowest BCUT2D eigenvalue weighted by molar-refractivity contribution is 0.661. The lowest BCUT2D eigenvalue weighted by Gasteiger charge is -2.21. The van der Waals surface area contributed by atoms with Crippen molar-refractivity contribution in [2.24, 2.45) is 0 Å². The topological polar surface area (TPSA) is 19.7 Å². The maximum atomic E-state index is 2.50. The molecule has 5 aromatic heterocycles. The second-order valence-electron chi connectivity index (χ2n) is 31.1. The Hall–Kier alpha value is -14.4. The summed E-state index contributed by atoms with van der Waals surface area (Å²) >= 11 is 1.88. The van der Waals surface area contributed by atoms with E-state index in [4.69, 9.17) is 0 Å². The molecule has 0 spiro atoms. The molecule has 0 aliphatic heterocycles. The summed E-state index contributed by atoms with van der Waals surface area (Å²) < 4.78 is 12.4. The van der Waals surface area contributed by atoms with Gasteiger partial charge < -0.3 is 18.3 Å². The van der Waals surface area contributed by atoms with Gasteiger partial charge in [0.2, 0.25) is 0 Å². The summed E-state index contributed by atoms with van der Waals surface area (Å²) in [6, 6.07) is 148. The molecule has 0 N–H and O–H groups in total. The largest absolute Gasteiger partial charge is 0.309 e. The highest BCUT2D eigenvalue weighted by molar-refractivity contribution is 7.26. The first kappa shape index (κ1) is 65.5. The molecule has 0 saturated carbocycles. The van der Waals surface area contributed by atoms with Gasteiger partial charge in [0.05, 0.1) is 44.1 Å². The van der Waals surface area contributed by atoms with Crippen LogP contribution in [-0.2, 0) is 5.41 Å². The van der Waals surface area contributed by atoms with Gasteiger partial charge in [-0.05, 0) is 222 Å². The van der Waals surface area contributed by atoms with Gasteiger partial charge in [0.25, 0.3) is 0 Å². The normalized spacial score (nSPS) is 12.5. The number of rotatable bonds is 9. The maximum Gasteiger partial charge on any atom is 0.0634 e. The molecule has 0 radical (unpaired) electrons. The molecular formula is C109H72N4S. The quantitative estimate of drug-likeness (QED) is 0.137. The van der Waals surface area contributed by atoms with Crippen molar-refractivity contribution in [1.82, 2.24) is 18.3 Å². The van der Waals surface area contributed by atoms with Gasteiger partial charge in [0, 0.05) is 91.4 Å². The number of para-hydroxylation sites is 2. The van der Waals surface area contributed by atoms with Crippen LogP contribution in [0, 0.1) is 0 Å². The highest BCUT2D eigenvalue weighted by Crippen LogP contribution is 2.52. The first-order valence-corrected chi connectivity index (χ1v) is 40.2. The van der Waals surface area contributed by atoms with E-state index < -0.39 is 0 Å². The van der Waals surface area contributed by atoms with Crippen molar-refractivity contribution in [2.45, 2.75) is 19.3 Å². The van der Waals surface area contributed by atoms with Crippen molar-refractivity contribution in [3.63, 3.8) is 0 Å². The van der Waals surface area contributed by atoms with Crippen molar-refractivity contribution in [1.29, 1.82) is 0 Å². The molecule has 24 rings (SSSR count). The van der Waals surface area contributed by atoms with Crippen LogP contribution in [0.4, 0.5) is 0 Å². The maximum absolute atomic E-state index is 2.50. The number of fused-ring (bicyclic) bond motifs is 20. The number of thiophene rings is 1. The molecule has 5 heteroatoms. The molecule has 0 fully saturated rings. The van der Waals surface area contributed by atoms with E-state index in [9.17, 15) is 0 Å². The van der Waals surface area contributed by atoms with Crippen LogP contribution in [0.1, 0.15) is 25.0 Å². The van der Waals surface area contributed by atoms with Gasteiger partial charge in [-0.25, -0.2) is 0 Å². The minimum Gasteiger partial charge on any atom is -0.309 e.